The first-order chi connectivity index (χ1) is 11.2. The van der Waals surface area contributed by atoms with Gasteiger partial charge in [0.05, 0.1) is 7.11 Å². The quantitative estimate of drug-likeness (QED) is 0.603. The highest BCUT2D eigenvalue weighted by molar-refractivity contribution is 7.08. The molecule has 2 aromatic heterocycles. The van der Waals surface area contributed by atoms with Gasteiger partial charge in [0.15, 0.2) is 6.04 Å². The monoisotopic (exact) mass is 335 g/mol. The molecule has 0 fully saturated rings. The van der Waals surface area contributed by atoms with Gasteiger partial charge in [0.2, 0.25) is 11.7 Å². The number of hydrogen-bond donors (Lipinski definition) is 1. The van der Waals surface area contributed by atoms with Crippen molar-refractivity contribution in [2.75, 3.05) is 13.7 Å². The van der Waals surface area contributed by atoms with Crippen molar-refractivity contribution in [1.82, 2.24) is 25.5 Å². The number of rotatable bonds is 7. The van der Waals surface area contributed by atoms with Crippen molar-refractivity contribution in [3.8, 4) is 11.4 Å². The zero-order chi connectivity index (χ0) is 16.7. The average molecular weight is 335 g/mol. The molecule has 0 aliphatic carbocycles. The van der Waals surface area contributed by atoms with E-state index >= 15 is 0 Å². The van der Waals surface area contributed by atoms with E-state index in [9.17, 15) is 9.59 Å². The number of ether oxygens (including phenoxy) is 1. The Kier molecular flexibility index (Phi) is 5.98. The van der Waals surface area contributed by atoms with Gasteiger partial charge in [0.1, 0.15) is 0 Å². The van der Waals surface area contributed by atoms with Crippen LogP contribution in [0.3, 0.4) is 0 Å². The van der Waals surface area contributed by atoms with Crippen LogP contribution in [0.2, 0.25) is 0 Å². The maximum atomic E-state index is 12.2. The van der Waals surface area contributed by atoms with Crippen LogP contribution in [0.4, 0.5) is 0 Å². The Hall–Kier alpha value is -2.55. The van der Waals surface area contributed by atoms with Crippen LogP contribution in [0.5, 0.6) is 0 Å². The highest BCUT2D eigenvalue weighted by Crippen LogP contribution is 2.18. The molecular weight excluding hydrogens is 318 g/mol. The second kappa shape index (κ2) is 8.18. The molecule has 0 aliphatic heterocycles. The summed E-state index contributed by atoms with van der Waals surface area (Å²) in [5.41, 5.74) is 0.873. The Morgan fingerprint density at radius 2 is 2.35 bits per heavy atom. The van der Waals surface area contributed by atoms with Gasteiger partial charge in [-0.1, -0.05) is 13.0 Å². The van der Waals surface area contributed by atoms with E-state index in [1.807, 2.05) is 23.8 Å². The molecule has 1 unspecified atom stereocenters. The predicted molar refractivity (Wildman–Crippen MR) is 84.6 cm³/mol. The van der Waals surface area contributed by atoms with Crippen LogP contribution in [-0.2, 0) is 14.3 Å². The highest BCUT2D eigenvalue weighted by atomic mass is 32.1. The van der Waals surface area contributed by atoms with Gasteiger partial charge in [0.25, 0.3) is 0 Å². The molecule has 1 atom stereocenters. The third-order valence-corrected chi connectivity index (χ3v) is 3.71. The fourth-order valence-corrected chi connectivity index (χ4v) is 2.45. The summed E-state index contributed by atoms with van der Waals surface area (Å²) in [6.07, 6.45) is 3.29. The van der Waals surface area contributed by atoms with Crippen LogP contribution in [-0.4, -0.2) is 45.7 Å². The number of amides is 1. The van der Waals surface area contributed by atoms with E-state index in [0.29, 0.717) is 12.2 Å². The number of hydrogen-bond acceptors (Lipinski definition) is 7. The molecule has 9 heteroatoms. The molecule has 2 rings (SSSR count). The van der Waals surface area contributed by atoms with E-state index in [1.54, 1.807) is 11.3 Å². The minimum Gasteiger partial charge on any atom is -0.466 e. The first kappa shape index (κ1) is 16.8. The van der Waals surface area contributed by atoms with Gasteiger partial charge in [0, 0.05) is 23.6 Å². The normalized spacial score (nSPS) is 12.3. The summed E-state index contributed by atoms with van der Waals surface area (Å²) in [6.45, 7) is 2.08. The molecular formula is C14H17N5O3S. The molecule has 0 saturated carbocycles. The van der Waals surface area contributed by atoms with Gasteiger partial charge in [-0.2, -0.15) is 16.1 Å². The third kappa shape index (κ3) is 4.46. The lowest BCUT2D eigenvalue weighted by atomic mass is 10.2. The van der Waals surface area contributed by atoms with Crippen LogP contribution in [0.1, 0.15) is 19.4 Å². The maximum absolute atomic E-state index is 12.2. The molecule has 0 aliphatic rings. The summed E-state index contributed by atoms with van der Waals surface area (Å²) in [6, 6.07) is 1.34. The Bertz CT molecular complexity index is 680. The van der Waals surface area contributed by atoms with Crippen molar-refractivity contribution < 1.29 is 14.3 Å². The first-order valence-corrected chi connectivity index (χ1v) is 7.94. The van der Waals surface area contributed by atoms with Crippen molar-refractivity contribution in [2.24, 2.45) is 0 Å². The predicted octanol–water partition coefficient (Wildman–Crippen LogP) is 1.20. The highest BCUT2D eigenvalue weighted by Gasteiger charge is 2.21. The van der Waals surface area contributed by atoms with Crippen molar-refractivity contribution in [3.63, 3.8) is 0 Å². The van der Waals surface area contributed by atoms with Crippen molar-refractivity contribution in [2.45, 2.75) is 19.4 Å². The molecule has 0 spiro atoms. The van der Waals surface area contributed by atoms with Crippen LogP contribution in [0.15, 0.2) is 29.0 Å². The van der Waals surface area contributed by atoms with Gasteiger partial charge < -0.3 is 10.1 Å². The number of methoxy groups -OCH3 is 1. The van der Waals surface area contributed by atoms with Crippen LogP contribution < -0.4 is 5.32 Å². The molecule has 0 saturated heterocycles. The molecule has 8 nitrogen and oxygen atoms in total. The zero-order valence-corrected chi connectivity index (χ0v) is 13.6. The second-order valence-electron chi connectivity index (χ2n) is 4.54. The van der Waals surface area contributed by atoms with Crippen molar-refractivity contribution in [3.05, 3.63) is 29.0 Å². The Morgan fingerprint density at radius 3 is 3.00 bits per heavy atom. The molecule has 2 aromatic rings. The SMILES string of the molecule is CCC(C(=O)NC/C=C/C(=O)OC)n1nnc(-c2ccsc2)n1. The molecule has 23 heavy (non-hydrogen) atoms. The fourth-order valence-electron chi connectivity index (χ4n) is 1.82. The molecule has 2 heterocycles. The summed E-state index contributed by atoms with van der Waals surface area (Å²) in [5, 5.41) is 18.7. The smallest absolute Gasteiger partial charge is 0.330 e. The number of carbonyl (C=O) groups excluding carboxylic acids is 2. The van der Waals surface area contributed by atoms with Gasteiger partial charge >= 0.3 is 5.97 Å². The zero-order valence-electron chi connectivity index (χ0n) is 12.8. The largest absolute Gasteiger partial charge is 0.466 e. The Labute approximate surface area is 137 Å². The van der Waals surface area contributed by atoms with Gasteiger partial charge in [-0.25, -0.2) is 4.79 Å². The number of thiophene rings is 1. The number of nitrogens with zero attached hydrogens (tertiary/aromatic N) is 4. The van der Waals surface area contributed by atoms with Gasteiger partial charge in [-0.05, 0) is 23.1 Å². The third-order valence-electron chi connectivity index (χ3n) is 3.03. The topological polar surface area (TPSA) is 99.0 Å². The van der Waals surface area contributed by atoms with E-state index in [1.165, 1.54) is 24.1 Å². The summed E-state index contributed by atoms with van der Waals surface area (Å²) >= 11 is 1.54. The van der Waals surface area contributed by atoms with E-state index < -0.39 is 12.0 Å². The molecule has 0 bridgehead atoms. The summed E-state index contributed by atoms with van der Waals surface area (Å²) in [4.78, 5) is 24.4. The lowest BCUT2D eigenvalue weighted by molar-refractivity contribution is -0.135. The van der Waals surface area contributed by atoms with Crippen molar-refractivity contribution >= 4 is 23.2 Å². The summed E-state index contributed by atoms with van der Waals surface area (Å²) < 4.78 is 4.46. The van der Waals surface area contributed by atoms with E-state index in [-0.39, 0.29) is 12.5 Å². The van der Waals surface area contributed by atoms with E-state index in [4.69, 9.17) is 0 Å². The Morgan fingerprint density at radius 1 is 1.52 bits per heavy atom. The average Bonchev–Trinajstić information content (AvgIpc) is 3.23. The minimum absolute atomic E-state index is 0.219. The number of esters is 1. The van der Waals surface area contributed by atoms with Crippen molar-refractivity contribution in [1.29, 1.82) is 0 Å². The molecule has 1 amide bonds. The number of nitrogens with one attached hydrogen (secondary N) is 1. The van der Waals surface area contributed by atoms with Gasteiger partial charge in [-0.15, -0.1) is 10.2 Å². The first-order valence-electron chi connectivity index (χ1n) is 7.00. The molecule has 0 aromatic carbocycles. The van der Waals surface area contributed by atoms with Crippen LogP contribution in [0.25, 0.3) is 11.4 Å². The molecule has 122 valence electrons. The van der Waals surface area contributed by atoms with Gasteiger partial charge in [-0.3, -0.25) is 4.79 Å². The van der Waals surface area contributed by atoms with E-state index in [0.717, 1.165) is 5.56 Å². The number of aromatic nitrogens is 4. The van der Waals surface area contributed by atoms with Crippen LogP contribution >= 0.6 is 11.3 Å². The fraction of sp³-hybridized carbons (Fsp3) is 0.357. The minimum atomic E-state index is -0.554. The van der Waals surface area contributed by atoms with Crippen LogP contribution in [0, 0.1) is 0 Å². The standard InChI is InChI=1S/C14H17N5O3S/c1-3-11(14(21)15-7-4-5-12(20)22-2)19-17-13(16-18-19)10-6-8-23-9-10/h4-6,8-9,11H,3,7H2,1-2H3,(H,15,21)/b5-4+. The Balaban J connectivity index is 1.97. The summed E-state index contributed by atoms with van der Waals surface area (Å²) in [7, 11) is 1.29. The summed E-state index contributed by atoms with van der Waals surface area (Å²) in [5.74, 6) is -0.219. The maximum Gasteiger partial charge on any atom is 0.330 e. The lowest BCUT2D eigenvalue weighted by Crippen LogP contribution is -2.33. The lowest BCUT2D eigenvalue weighted by Gasteiger charge is -2.12. The van der Waals surface area contributed by atoms with E-state index in [2.05, 4.69) is 25.5 Å². The number of carbonyl (C=O) groups is 2. The number of tetrazole rings is 1. The second-order valence-corrected chi connectivity index (χ2v) is 5.32. The molecule has 0 radical (unpaired) electrons. The molecule has 1 N–H and O–H groups in total.